The van der Waals surface area contributed by atoms with E-state index in [0.29, 0.717) is 22.6 Å². The number of halogens is 2. The maximum atomic E-state index is 14.6. The van der Waals surface area contributed by atoms with E-state index in [1.165, 1.54) is 31.0 Å². The molecular weight excluding hydrogens is 664 g/mol. The Morgan fingerprint density at radius 2 is 1.71 bits per heavy atom. The number of piperidine rings is 1. The van der Waals surface area contributed by atoms with E-state index in [0.717, 1.165) is 112 Å². The van der Waals surface area contributed by atoms with Gasteiger partial charge in [-0.15, -0.1) is 0 Å². The zero-order valence-electron chi connectivity index (χ0n) is 30.4. The number of hydrogen-bond acceptors (Lipinski definition) is 7. The normalized spacial score (nSPS) is 18.9. The second-order valence-corrected chi connectivity index (χ2v) is 15.0. The Hall–Kier alpha value is -4.58. The number of carbonyl (C=O) groups excluding carboxylic acids is 1. The van der Waals surface area contributed by atoms with E-state index in [1.807, 2.05) is 25.2 Å². The molecule has 1 N–H and O–H groups in total. The van der Waals surface area contributed by atoms with Crippen LogP contribution in [0, 0.1) is 5.41 Å². The predicted octanol–water partition coefficient (Wildman–Crippen LogP) is 7.60. The van der Waals surface area contributed by atoms with Crippen LogP contribution in [0.15, 0.2) is 48.8 Å². The van der Waals surface area contributed by atoms with Gasteiger partial charge in [0.1, 0.15) is 6.29 Å². The Morgan fingerprint density at radius 3 is 2.35 bits per heavy atom. The van der Waals surface area contributed by atoms with Gasteiger partial charge < -0.3 is 24.6 Å². The number of likely N-dealkylation sites (N-methyl/N-ethyl adjacent to an activating group) is 1. The Balaban J connectivity index is 0.00000136. The topological polar surface area (TPSA) is 99.7 Å². The molecule has 52 heavy (non-hydrogen) atoms. The van der Waals surface area contributed by atoms with Crippen molar-refractivity contribution in [1.29, 1.82) is 0 Å². The highest BCUT2D eigenvalue weighted by Gasteiger charge is 2.40. The first-order valence-electron chi connectivity index (χ1n) is 18.6. The van der Waals surface area contributed by atoms with E-state index >= 15 is 0 Å². The molecule has 8 rings (SSSR count). The van der Waals surface area contributed by atoms with Crippen LogP contribution in [0.5, 0.6) is 0 Å². The van der Waals surface area contributed by atoms with Crippen LogP contribution < -0.4 is 9.80 Å². The van der Waals surface area contributed by atoms with E-state index in [9.17, 15) is 18.7 Å². The molecule has 10 nitrogen and oxygen atoms in total. The van der Waals surface area contributed by atoms with Gasteiger partial charge in [-0.05, 0) is 118 Å². The lowest BCUT2D eigenvalue weighted by molar-refractivity contribution is -0.106. The fraction of sp³-hybridized carbons (Fsp3) is 0.500. The minimum absolute atomic E-state index is 0.0463. The van der Waals surface area contributed by atoms with Gasteiger partial charge in [0, 0.05) is 86.1 Å². The maximum Gasteiger partial charge on any atom is 0.335 e. The van der Waals surface area contributed by atoms with Gasteiger partial charge in [-0.2, -0.15) is 10.2 Å². The van der Waals surface area contributed by atoms with Gasteiger partial charge in [0.15, 0.2) is 5.82 Å². The molecule has 3 aliphatic heterocycles. The average molecular weight is 714 g/mol. The molecular formula is C40H49F2N7O3. The number of anilines is 3. The van der Waals surface area contributed by atoms with Crippen LogP contribution in [0.4, 0.5) is 26.0 Å². The molecule has 1 saturated carbocycles. The second-order valence-electron chi connectivity index (χ2n) is 15.0. The molecule has 0 radical (unpaired) electrons. The Morgan fingerprint density at radius 1 is 1.00 bits per heavy atom. The number of benzene rings is 2. The zero-order chi connectivity index (χ0) is 36.6. The number of aldehydes is 1. The van der Waals surface area contributed by atoms with Crippen molar-refractivity contribution >= 4 is 29.4 Å². The smallest absolute Gasteiger partial charge is 0.335 e. The molecule has 2 aromatic heterocycles. The molecule has 0 atom stereocenters. The minimum Gasteiger partial charge on any atom is -0.478 e. The summed E-state index contributed by atoms with van der Waals surface area (Å²) in [5.41, 5.74) is 7.61. The Bertz CT molecular complexity index is 1900. The minimum atomic E-state index is -2.60. The van der Waals surface area contributed by atoms with Crippen LogP contribution >= 0.6 is 0 Å². The lowest BCUT2D eigenvalue weighted by atomic mass is 9.67. The number of carbonyl (C=O) groups is 2. The lowest BCUT2D eigenvalue weighted by Gasteiger charge is -2.46. The third kappa shape index (κ3) is 6.97. The van der Waals surface area contributed by atoms with Crippen LogP contribution in [0.3, 0.4) is 0 Å². The molecule has 2 aromatic carbocycles. The van der Waals surface area contributed by atoms with E-state index < -0.39 is 12.4 Å². The van der Waals surface area contributed by atoms with Crippen LogP contribution in [-0.2, 0) is 31.2 Å². The van der Waals surface area contributed by atoms with Crippen molar-refractivity contribution in [2.24, 2.45) is 12.5 Å². The van der Waals surface area contributed by atoms with Gasteiger partial charge in [0.25, 0.3) is 6.43 Å². The van der Waals surface area contributed by atoms with Crippen molar-refractivity contribution in [2.45, 2.75) is 83.7 Å². The molecule has 12 heteroatoms. The number of nitrogens with zero attached hydrogens (tertiary/aromatic N) is 7. The molecule has 276 valence electrons. The number of aromatic carboxylic acids is 1. The fourth-order valence-corrected chi connectivity index (χ4v) is 8.96. The lowest BCUT2D eigenvalue weighted by Crippen LogP contribution is -2.42. The molecule has 1 spiro atoms. The van der Waals surface area contributed by atoms with Gasteiger partial charge in [0.2, 0.25) is 0 Å². The first-order chi connectivity index (χ1) is 25.1. The van der Waals surface area contributed by atoms with Crippen molar-refractivity contribution in [3.63, 3.8) is 0 Å². The van der Waals surface area contributed by atoms with Crippen LogP contribution in [0.1, 0.15) is 97.1 Å². The molecule has 5 heterocycles. The summed E-state index contributed by atoms with van der Waals surface area (Å²) < 4.78 is 33.2. The highest BCUT2D eigenvalue weighted by Crippen LogP contribution is 2.49. The first kappa shape index (κ1) is 35.8. The molecule has 4 aliphatic rings. The Kier molecular flexibility index (Phi) is 10.2. The van der Waals surface area contributed by atoms with Crippen molar-refractivity contribution in [3.8, 4) is 11.1 Å². The van der Waals surface area contributed by atoms with Crippen molar-refractivity contribution in [1.82, 2.24) is 24.5 Å². The molecule has 1 saturated heterocycles. The summed E-state index contributed by atoms with van der Waals surface area (Å²) >= 11 is 0. The second kappa shape index (κ2) is 14.8. The van der Waals surface area contributed by atoms with E-state index in [4.69, 9.17) is 9.89 Å². The molecule has 0 amide bonds. The third-order valence-corrected chi connectivity index (χ3v) is 11.8. The summed E-state index contributed by atoms with van der Waals surface area (Å²) in [6, 6.07) is 11.3. The fourth-order valence-electron chi connectivity index (χ4n) is 8.96. The highest BCUT2D eigenvalue weighted by molar-refractivity contribution is 5.88. The summed E-state index contributed by atoms with van der Waals surface area (Å²) in [4.78, 5) is 27.1. The van der Waals surface area contributed by atoms with Crippen molar-refractivity contribution in [3.05, 3.63) is 76.7 Å². The van der Waals surface area contributed by atoms with E-state index in [2.05, 4.69) is 31.5 Å². The summed E-state index contributed by atoms with van der Waals surface area (Å²) in [6.45, 7) is 5.98. The van der Waals surface area contributed by atoms with Crippen molar-refractivity contribution < 1.29 is 23.5 Å². The Labute approximate surface area is 304 Å². The summed E-state index contributed by atoms with van der Waals surface area (Å²) in [5, 5.41) is 18.9. The number of hydrogen-bond donors (Lipinski definition) is 1. The molecule has 4 aromatic rings. The number of rotatable bonds is 6. The number of carboxylic acids is 1. The maximum absolute atomic E-state index is 14.6. The zero-order valence-corrected chi connectivity index (χ0v) is 30.4. The molecule has 0 bridgehead atoms. The van der Waals surface area contributed by atoms with Gasteiger partial charge in [0.05, 0.1) is 17.8 Å². The summed E-state index contributed by atoms with van der Waals surface area (Å²) in [5.74, 6) is 0.0508. The van der Waals surface area contributed by atoms with Gasteiger partial charge in [-0.1, -0.05) is 0 Å². The van der Waals surface area contributed by atoms with Crippen LogP contribution in [-0.4, -0.2) is 75.0 Å². The molecule has 0 unspecified atom stereocenters. The van der Waals surface area contributed by atoms with E-state index in [-0.39, 0.29) is 5.56 Å². The summed E-state index contributed by atoms with van der Waals surface area (Å²) in [6.07, 6.45) is 11.2. The number of carboxylic acid groups (broad SMARTS) is 1. The van der Waals surface area contributed by atoms with E-state index in [1.54, 1.807) is 35.3 Å². The standard InChI is InChI=1S/C38H45F2N7O2.C2H4O/c1-43-17-11-33-32(24-43)36(46-16-3-4-26-20-30(27-22-41-44(2)23-27)31(35(39)40)21-34(26)46)42-47(33)29-9-12-38(13-10-29)14-18-45(19-15-38)28-7-5-25(6-8-28)37(48)49;1-2-3/h5-8,20-23,29,35H,3-4,9-19,24H2,1-2H3,(H,48,49);2H,1H3. The number of alkyl halides is 2. The van der Waals surface area contributed by atoms with Crippen molar-refractivity contribution in [2.75, 3.05) is 43.0 Å². The first-order valence-corrected chi connectivity index (χ1v) is 18.6. The SMILES string of the molecule is CC=O.CN1CCc2c(c(N3CCCc4cc(-c5cnn(C)c5)c(C(F)F)cc43)nn2C2CCC3(CC2)CCN(c2ccc(C(=O)O)cc2)CC3)C1. The number of aromatic nitrogens is 4. The average Bonchev–Trinajstić information content (AvgIpc) is 3.75. The number of fused-ring (bicyclic) bond motifs is 2. The monoisotopic (exact) mass is 713 g/mol. The van der Waals surface area contributed by atoms with Crippen LogP contribution in [0.2, 0.25) is 0 Å². The van der Waals surface area contributed by atoms with Gasteiger partial charge >= 0.3 is 5.97 Å². The van der Waals surface area contributed by atoms with Gasteiger partial charge in [-0.25, -0.2) is 13.6 Å². The summed E-state index contributed by atoms with van der Waals surface area (Å²) in [7, 11) is 3.96. The quantitative estimate of drug-likeness (QED) is 0.204. The van der Waals surface area contributed by atoms with Crippen LogP contribution in [0.25, 0.3) is 11.1 Å². The molecule has 1 aliphatic carbocycles. The number of aryl methyl sites for hydroxylation is 2. The van der Waals surface area contributed by atoms with Gasteiger partial charge in [-0.3, -0.25) is 9.36 Å². The largest absolute Gasteiger partial charge is 0.478 e. The highest BCUT2D eigenvalue weighted by atomic mass is 19.3. The molecule has 2 fully saturated rings. The third-order valence-electron chi connectivity index (χ3n) is 11.8. The predicted molar refractivity (Wildman–Crippen MR) is 198 cm³/mol.